The van der Waals surface area contributed by atoms with Gasteiger partial charge in [0.15, 0.2) is 20.4 Å². The lowest BCUT2D eigenvalue weighted by Gasteiger charge is -2.38. The Balaban J connectivity index is 2.39. The minimum Gasteiger partial charge on any atom is -0.407 e. The van der Waals surface area contributed by atoms with E-state index < -0.39 is 8.32 Å². The molecule has 1 saturated heterocycles. The van der Waals surface area contributed by atoms with Crippen molar-refractivity contribution in [3.05, 3.63) is 0 Å². The molecule has 1 aliphatic rings. The fraction of sp³-hybridized carbons (Fsp3) is 0.933. The van der Waals surface area contributed by atoms with Gasteiger partial charge in [0.25, 0.3) is 0 Å². The highest BCUT2D eigenvalue weighted by molar-refractivity contribution is 6.74. The fourth-order valence-corrected chi connectivity index (χ4v) is 3.22. The van der Waals surface area contributed by atoms with Gasteiger partial charge in [-0.2, -0.15) is 0 Å². The van der Waals surface area contributed by atoms with Gasteiger partial charge >= 0.3 is 0 Å². The van der Waals surface area contributed by atoms with E-state index in [1.54, 1.807) is 0 Å². The largest absolute Gasteiger partial charge is 0.407 e. The quantitative estimate of drug-likeness (QED) is 0.704. The highest BCUT2D eigenvalue weighted by atomic mass is 28.4. The molecule has 1 atom stereocenters. The van der Waals surface area contributed by atoms with Crippen LogP contribution in [0.15, 0.2) is 0 Å². The first-order valence-electron chi connectivity index (χ1n) is 7.57. The van der Waals surface area contributed by atoms with Crippen LogP contribution in [0.4, 0.5) is 0 Å². The molecule has 0 saturated carbocycles. The van der Waals surface area contributed by atoms with Gasteiger partial charge in [0.2, 0.25) is 0 Å². The third-order valence-corrected chi connectivity index (χ3v) is 8.81. The van der Waals surface area contributed by atoms with E-state index in [0.29, 0.717) is 12.8 Å². The van der Waals surface area contributed by atoms with Gasteiger partial charge in [0.05, 0.1) is 13.2 Å². The summed E-state index contributed by atoms with van der Waals surface area (Å²) < 4.78 is 17.0. The fourth-order valence-electron chi connectivity index (χ4n) is 1.85. The van der Waals surface area contributed by atoms with E-state index in [1.807, 2.05) is 6.92 Å². The molecule has 0 N–H and O–H groups in total. The highest BCUT2D eigenvalue weighted by Gasteiger charge is 2.39. The molecule has 1 heterocycles. The normalized spacial score (nSPS) is 19.9. The molecule has 0 spiro atoms. The van der Waals surface area contributed by atoms with Gasteiger partial charge in [0, 0.05) is 12.8 Å². The summed E-state index contributed by atoms with van der Waals surface area (Å²) in [5.41, 5.74) is 0. The number of hydrogen-bond acceptors (Lipinski definition) is 4. The van der Waals surface area contributed by atoms with Crippen molar-refractivity contribution in [3.8, 4) is 0 Å². The maximum atomic E-state index is 12.2. The van der Waals surface area contributed by atoms with E-state index in [1.165, 1.54) is 0 Å². The van der Waals surface area contributed by atoms with Crippen molar-refractivity contribution in [2.75, 3.05) is 13.2 Å². The molecule has 20 heavy (non-hydrogen) atoms. The minimum atomic E-state index is -1.88. The molecule has 0 amide bonds. The van der Waals surface area contributed by atoms with Crippen molar-refractivity contribution in [3.63, 3.8) is 0 Å². The summed E-state index contributed by atoms with van der Waals surface area (Å²) in [6, 6.07) is 0. The maximum Gasteiger partial charge on any atom is 0.193 e. The number of hydrogen-bond donors (Lipinski definition) is 0. The molecular weight excluding hydrogens is 272 g/mol. The first kappa shape index (κ1) is 17.8. The average molecular weight is 302 g/mol. The topological polar surface area (TPSA) is 44.8 Å². The molecule has 1 rings (SSSR count). The Hall–Kier alpha value is -0.233. The van der Waals surface area contributed by atoms with Crippen LogP contribution in [0.2, 0.25) is 18.1 Å². The molecule has 0 aromatic heterocycles. The second-order valence-corrected chi connectivity index (χ2v) is 11.8. The van der Waals surface area contributed by atoms with Gasteiger partial charge in [-0.3, -0.25) is 4.79 Å². The zero-order valence-corrected chi connectivity index (χ0v) is 14.8. The third kappa shape index (κ3) is 5.28. The second kappa shape index (κ2) is 7.16. The molecule has 0 bridgehead atoms. The Morgan fingerprint density at radius 1 is 1.30 bits per heavy atom. The maximum absolute atomic E-state index is 12.2. The predicted octanol–water partition coefficient (Wildman–Crippen LogP) is 3.51. The van der Waals surface area contributed by atoms with Crippen LogP contribution in [-0.4, -0.2) is 39.7 Å². The number of ether oxygens (including phenoxy) is 2. The molecule has 0 aromatic rings. The van der Waals surface area contributed by atoms with Crippen molar-refractivity contribution in [1.82, 2.24) is 0 Å². The first-order chi connectivity index (χ1) is 9.13. The van der Waals surface area contributed by atoms with Crippen LogP contribution in [0.25, 0.3) is 0 Å². The number of ketones is 1. The number of carbonyl (C=O) groups excluding carboxylic acids is 1. The lowest BCUT2D eigenvalue weighted by atomic mass is 10.1. The van der Waals surface area contributed by atoms with Crippen LogP contribution in [0.1, 0.15) is 47.0 Å². The van der Waals surface area contributed by atoms with Gasteiger partial charge < -0.3 is 13.9 Å². The van der Waals surface area contributed by atoms with Crippen molar-refractivity contribution < 1.29 is 18.7 Å². The van der Waals surface area contributed by atoms with Crippen molar-refractivity contribution in [2.24, 2.45) is 0 Å². The first-order valence-corrected chi connectivity index (χ1v) is 10.5. The van der Waals surface area contributed by atoms with Crippen LogP contribution in [0.3, 0.4) is 0 Å². The van der Waals surface area contributed by atoms with Crippen LogP contribution in [0, 0.1) is 0 Å². The van der Waals surface area contributed by atoms with Crippen LogP contribution in [-0.2, 0) is 18.7 Å². The minimum absolute atomic E-state index is 0.122. The van der Waals surface area contributed by atoms with Crippen LogP contribution >= 0.6 is 0 Å². The molecule has 118 valence electrons. The lowest BCUT2D eigenvalue weighted by Crippen LogP contribution is -2.45. The Morgan fingerprint density at radius 2 is 1.85 bits per heavy atom. The molecular formula is C15H30O4Si. The van der Waals surface area contributed by atoms with Gasteiger partial charge in [-0.1, -0.05) is 20.8 Å². The van der Waals surface area contributed by atoms with Crippen molar-refractivity contribution >= 4 is 14.1 Å². The molecule has 1 fully saturated rings. The van der Waals surface area contributed by atoms with Crippen LogP contribution < -0.4 is 0 Å². The lowest BCUT2D eigenvalue weighted by molar-refractivity contribution is -0.182. The Labute approximate surface area is 124 Å². The highest BCUT2D eigenvalue weighted by Crippen LogP contribution is 2.37. The molecule has 0 aliphatic carbocycles. The summed E-state index contributed by atoms with van der Waals surface area (Å²) in [6.45, 7) is 14.2. The summed E-state index contributed by atoms with van der Waals surface area (Å²) in [7, 11) is -1.88. The average Bonchev–Trinajstić information content (AvgIpc) is 2.35. The zero-order chi connectivity index (χ0) is 15.4. The van der Waals surface area contributed by atoms with Gasteiger partial charge in [-0.15, -0.1) is 0 Å². The molecule has 5 heteroatoms. The van der Waals surface area contributed by atoms with Gasteiger partial charge in [0.1, 0.15) is 6.10 Å². The van der Waals surface area contributed by atoms with E-state index in [9.17, 15) is 4.79 Å². The monoisotopic (exact) mass is 302 g/mol. The molecule has 0 unspecified atom stereocenters. The Morgan fingerprint density at radius 3 is 2.35 bits per heavy atom. The van der Waals surface area contributed by atoms with E-state index in [-0.39, 0.29) is 23.2 Å². The van der Waals surface area contributed by atoms with E-state index in [0.717, 1.165) is 19.6 Å². The van der Waals surface area contributed by atoms with Crippen molar-refractivity contribution in [1.29, 1.82) is 0 Å². The van der Waals surface area contributed by atoms with Crippen LogP contribution in [0.5, 0.6) is 0 Å². The number of rotatable bonds is 6. The summed E-state index contributed by atoms with van der Waals surface area (Å²) in [6.07, 6.45) is 1.48. The van der Waals surface area contributed by atoms with Crippen molar-refractivity contribution in [2.45, 2.75) is 77.5 Å². The summed E-state index contributed by atoms with van der Waals surface area (Å²) in [5.74, 6) is 0.146. The third-order valence-electron chi connectivity index (χ3n) is 4.25. The molecule has 1 aliphatic heterocycles. The SMILES string of the molecule is C[C@@H](O[Si](C)(C)C(C)(C)C)C(=O)CCC1OCCCO1. The standard InChI is InChI=1S/C15H30O4Si/c1-12(19-20(5,6)15(2,3)4)13(16)8-9-14-17-10-7-11-18-14/h12,14H,7-11H2,1-6H3/t12-/m1/s1. The van der Waals surface area contributed by atoms with E-state index >= 15 is 0 Å². The summed E-state index contributed by atoms with van der Waals surface area (Å²) in [4.78, 5) is 12.2. The molecule has 4 nitrogen and oxygen atoms in total. The van der Waals surface area contributed by atoms with Gasteiger partial charge in [-0.05, 0) is 31.5 Å². The summed E-state index contributed by atoms with van der Waals surface area (Å²) >= 11 is 0. The molecule has 0 radical (unpaired) electrons. The predicted molar refractivity (Wildman–Crippen MR) is 82.3 cm³/mol. The zero-order valence-electron chi connectivity index (χ0n) is 13.8. The van der Waals surface area contributed by atoms with E-state index in [2.05, 4.69) is 33.9 Å². The molecule has 0 aromatic carbocycles. The number of Topliss-reactive ketones (excluding diaryl/α,β-unsaturated/α-hetero) is 1. The Kier molecular flexibility index (Phi) is 6.38. The van der Waals surface area contributed by atoms with Gasteiger partial charge in [-0.25, -0.2) is 0 Å². The second-order valence-electron chi connectivity index (χ2n) is 7.05. The smallest absolute Gasteiger partial charge is 0.193 e. The van der Waals surface area contributed by atoms with E-state index in [4.69, 9.17) is 13.9 Å². The summed E-state index contributed by atoms with van der Waals surface area (Å²) in [5, 5.41) is 0.122. The number of carbonyl (C=O) groups is 1. The Bertz CT molecular complexity index is 316.